The van der Waals surface area contributed by atoms with Gasteiger partial charge < -0.3 is 9.47 Å². The van der Waals surface area contributed by atoms with E-state index < -0.39 is 9.84 Å². The monoisotopic (exact) mass is 410 g/mol. The Morgan fingerprint density at radius 3 is 2.03 bits per heavy atom. The largest absolute Gasteiger partial charge is 0.496 e. The Labute approximate surface area is 172 Å². The number of allylic oxidation sites excluding steroid dienone is 1. The summed E-state index contributed by atoms with van der Waals surface area (Å²) < 4.78 is 36.7. The third kappa shape index (κ3) is 4.30. The van der Waals surface area contributed by atoms with E-state index in [1.165, 1.54) is 0 Å². The normalized spacial score (nSPS) is 12.2. The van der Waals surface area contributed by atoms with Gasteiger partial charge in [0.2, 0.25) is 0 Å². The first-order valence-electron chi connectivity index (χ1n) is 9.44. The van der Waals surface area contributed by atoms with Crippen LogP contribution in [-0.4, -0.2) is 28.4 Å². The first-order valence-corrected chi connectivity index (χ1v) is 11.1. The Balaban J connectivity index is 1.97. The van der Waals surface area contributed by atoms with Crippen LogP contribution < -0.4 is 9.47 Å². The molecule has 3 rings (SSSR count). The molecule has 0 heterocycles. The van der Waals surface area contributed by atoms with E-state index in [1.54, 1.807) is 38.5 Å². The summed E-state index contributed by atoms with van der Waals surface area (Å²) >= 11 is 0. The van der Waals surface area contributed by atoms with Crippen LogP contribution in [0, 0.1) is 6.92 Å². The van der Waals surface area contributed by atoms with Gasteiger partial charge in [-0.15, -0.1) is 0 Å². The van der Waals surface area contributed by atoms with Crippen LogP contribution in [-0.2, 0) is 16.3 Å². The summed E-state index contributed by atoms with van der Waals surface area (Å²) in [6.45, 7) is 3.85. The summed E-state index contributed by atoms with van der Waals surface area (Å²) in [6.07, 6.45) is 2.52. The quantitative estimate of drug-likeness (QED) is 0.507. The van der Waals surface area contributed by atoms with Gasteiger partial charge in [0.25, 0.3) is 0 Å². The van der Waals surface area contributed by atoms with Gasteiger partial charge in [-0.25, -0.2) is 8.42 Å². The number of rotatable bonds is 7. The van der Waals surface area contributed by atoms with Crippen LogP contribution in [0.5, 0.6) is 11.5 Å². The fourth-order valence-electron chi connectivity index (χ4n) is 3.64. The minimum atomic E-state index is -3.36. The summed E-state index contributed by atoms with van der Waals surface area (Å²) in [6, 6.07) is 16.5. The third-order valence-corrected chi connectivity index (χ3v) is 6.89. The molecule has 3 aromatic rings. The molecule has 29 heavy (non-hydrogen) atoms. The molecule has 0 spiro atoms. The molecule has 0 saturated heterocycles. The molecule has 0 amide bonds. The summed E-state index contributed by atoms with van der Waals surface area (Å²) in [5, 5.41) is 1.98. The highest BCUT2D eigenvalue weighted by molar-refractivity contribution is 7.91. The van der Waals surface area contributed by atoms with E-state index in [0.29, 0.717) is 11.3 Å². The molecular formula is C24H26O4S. The molecule has 3 aromatic carbocycles. The second kappa shape index (κ2) is 8.70. The molecule has 0 aliphatic rings. The standard InChI is InChI=1S/C24H26O4S/c1-17(16-29(25,26)19-10-6-5-7-11-19)14-15-20-18(2)23(27-3)21-12-8-9-13-22(21)24(20)28-4/h5-14H,15-16H2,1-4H3. The molecule has 0 bridgehead atoms. The zero-order valence-electron chi connectivity index (χ0n) is 17.2. The molecule has 0 saturated carbocycles. The van der Waals surface area contributed by atoms with Crippen molar-refractivity contribution >= 4 is 20.6 Å². The minimum Gasteiger partial charge on any atom is -0.496 e. The van der Waals surface area contributed by atoms with Crippen LogP contribution >= 0.6 is 0 Å². The maximum atomic E-state index is 12.6. The fraction of sp³-hybridized carbons (Fsp3) is 0.250. The second-order valence-corrected chi connectivity index (χ2v) is 9.03. The zero-order valence-corrected chi connectivity index (χ0v) is 18.0. The number of methoxy groups -OCH3 is 2. The van der Waals surface area contributed by atoms with E-state index in [-0.39, 0.29) is 5.75 Å². The molecule has 5 heteroatoms. The van der Waals surface area contributed by atoms with Crippen LogP contribution in [0.3, 0.4) is 0 Å². The Morgan fingerprint density at radius 1 is 0.897 bits per heavy atom. The summed E-state index contributed by atoms with van der Waals surface area (Å²) in [5.74, 6) is 1.61. The van der Waals surface area contributed by atoms with Gasteiger partial charge >= 0.3 is 0 Å². The molecule has 0 N–H and O–H groups in total. The van der Waals surface area contributed by atoms with Gasteiger partial charge in [-0.2, -0.15) is 0 Å². The molecular weight excluding hydrogens is 384 g/mol. The Kier molecular flexibility index (Phi) is 6.28. The Morgan fingerprint density at radius 2 is 1.45 bits per heavy atom. The number of hydrogen-bond donors (Lipinski definition) is 0. The molecule has 0 unspecified atom stereocenters. The van der Waals surface area contributed by atoms with E-state index in [1.807, 2.05) is 50.3 Å². The van der Waals surface area contributed by atoms with Crippen LogP contribution in [0.25, 0.3) is 10.8 Å². The van der Waals surface area contributed by atoms with Gasteiger partial charge in [0.15, 0.2) is 9.84 Å². The molecule has 0 aromatic heterocycles. The van der Waals surface area contributed by atoms with E-state index >= 15 is 0 Å². The molecule has 152 valence electrons. The summed E-state index contributed by atoms with van der Waals surface area (Å²) in [5.41, 5.74) is 2.79. The molecule has 0 fully saturated rings. The van der Waals surface area contributed by atoms with Crippen molar-refractivity contribution in [2.24, 2.45) is 0 Å². The summed E-state index contributed by atoms with van der Waals surface area (Å²) in [7, 11) is -0.0359. The smallest absolute Gasteiger partial charge is 0.182 e. The van der Waals surface area contributed by atoms with Gasteiger partial charge in [-0.05, 0) is 38.0 Å². The number of fused-ring (bicyclic) bond motifs is 1. The first-order chi connectivity index (χ1) is 13.9. The topological polar surface area (TPSA) is 52.6 Å². The van der Waals surface area contributed by atoms with E-state index in [0.717, 1.165) is 39.0 Å². The fourth-order valence-corrected chi connectivity index (χ4v) is 5.09. The molecule has 0 radical (unpaired) electrons. The number of hydrogen-bond acceptors (Lipinski definition) is 4. The molecule has 0 atom stereocenters. The maximum Gasteiger partial charge on any atom is 0.182 e. The third-order valence-electron chi connectivity index (χ3n) is 5.07. The van der Waals surface area contributed by atoms with E-state index in [4.69, 9.17) is 9.47 Å². The molecule has 0 aliphatic carbocycles. The number of sulfone groups is 1. The van der Waals surface area contributed by atoms with Crippen molar-refractivity contribution < 1.29 is 17.9 Å². The molecule has 4 nitrogen and oxygen atoms in total. The van der Waals surface area contributed by atoms with Crippen molar-refractivity contribution in [1.82, 2.24) is 0 Å². The highest BCUT2D eigenvalue weighted by Gasteiger charge is 2.18. The van der Waals surface area contributed by atoms with Crippen LogP contribution in [0.1, 0.15) is 18.1 Å². The SMILES string of the molecule is COc1c(C)c(CC=C(C)CS(=O)(=O)c2ccccc2)c(OC)c2ccccc12. The van der Waals surface area contributed by atoms with Gasteiger partial charge in [0.1, 0.15) is 11.5 Å². The predicted molar refractivity (Wildman–Crippen MR) is 118 cm³/mol. The van der Waals surface area contributed by atoms with E-state index in [9.17, 15) is 8.42 Å². The first kappa shape index (κ1) is 20.9. The zero-order chi connectivity index (χ0) is 21.0. The highest BCUT2D eigenvalue weighted by atomic mass is 32.2. The average molecular weight is 411 g/mol. The number of ether oxygens (including phenoxy) is 2. The molecule has 0 aliphatic heterocycles. The lowest BCUT2D eigenvalue weighted by Crippen LogP contribution is -2.08. The highest BCUT2D eigenvalue weighted by Crippen LogP contribution is 2.40. The lowest BCUT2D eigenvalue weighted by molar-refractivity contribution is 0.404. The van der Waals surface area contributed by atoms with E-state index in [2.05, 4.69) is 0 Å². The average Bonchev–Trinajstić information content (AvgIpc) is 2.72. The van der Waals surface area contributed by atoms with Crippen molar-refractivity contribution in [2.45, 2.75) is 25.2 Å². The minimum absolute atomic E-state index is 0.0108. The summed E-state index contributed by atoms with van der Waals surface area (Å²) in [4.78, 5) is 0.342. The second-order valence-electron chi connectivity index (χ2n) is 7.04. The van der Waals surface area contributed by atoms with Gasteiger partial charge in [-0.1, -0.05) is 54.1 Å². The van der Waals surface area contributed by atoms with Crippen LogP contribution in [0.2, 0.25) is 0 Å². The predicted octanol–water partition coefficient (Wildman–Crippen LogP) is 5.13. The van der Waals surface area contributed by atoms with Crippen LogP contribution in [0.15, 0.2) is 71.1 Å². The van der Waals surface area contributed by atoms with Crippen LogP contribution in [0.4, 0.5) is 0 Å². The van der Waals surface area contributed by atoms with Crippen molar-refractivity contribution in [3.63, 3.8) is 0 Å². The van der Waals surface area contributed by atoms with Crippen molar-refractivity contribution in [3.05, 3.63) is 77.4 Å². The van der Waals surface area contributed by atoms with Crippen molar-refractivity contribution in [1.29, 1.82) is 0 Å². The Hall–Kier alpha value is -2.79. The van der Waals surface area contributed by atoms with Crippen molar-refractivity contribution in [2.75, 3.05) is 20.0 Å². The number of benzene rings is 3. The van der Waals surface area contributed by atoms with Gasteiger partial charge in [-0.3, -0.25) is 0 Å². The Bertz CT molecular complexity index is 1150. The lowest BCUT2D eigenvalue weighted by Gasteiger charge is -2.18. The van der Waals surface area contributed by atoms with Gasteiger partial charge in [0, 0.05) is 16.3 Å². The lowest BCUT2D eigenvalue weighted by atomic mass is 9.96. The maximum absolute atomic E-state index is 12.6. The van der Waals surface area contributed by atoms with Gasteiger partial charge in [0.05, 0.1) is 24.9 Å². The van der Waals surface area contributed by atoms with Crippen molar-refractivity contribution in [3.8, 4) is 11.5 Å².